The quantitative estimate of drug-likeness (QED) is 0.771. The molecule has 4 heteroatoms. The van der Waals surface area contributed by atoms with Crippen molar-refractivity contribution < 1.29 is 4.79 Å². The Morgan fingerprint density at radius 2 is 1.78 bits per heavy atom. The molecule has 3 aromatic rings. The number of anilines is 1. The van der Waals surface area contributed by atoms with Crippen LogP contribution in [0.3, 0.4) is 0 Å². The number of hydrogen-bond acceptors (Lipinski definition) is 2. The SMILES string of the molecule is Cc1nc(C(=O)Nc2ccccc2C(C)(C)C)c2ccccn12. The van der Waals surface area contributed by atoms with Crippen LogP contribution < -0.4 is 5.32 Å². The summed E-state index contributed by atoms with van der Waals surface area (Å²) in [5.41, 5.74) is 3.16. The lowest BCUT2D eigenvalue weighted by atomic mass is 9.86. The summed E-state index contributed by atoms with van der Waals surface area (Å²) in [5, 5.41) is 3.02. The van der Waals surface area contributed by atoms with Gasteiger partial charge in [-0.05, 0) is 36.1 Å². The van der Waals surface area contributed by atoms with Gasteiger partial charge in [-0.3, -0.25) is 4.79 Å². The van der Waals surface area contributed by atoms with Crippen LogP contribution in [-0.4, -0.2) is 15.3 Å². The van der Waals surface area contributed by atoms with Gasteiger partial charge >= 0.3 is 0 Å². The number of nitrogens with zero attached hydrogens (tertiary/aromatic N) is 2. The third-order valence-corrected chi connectivity index (χ3v) is 3.92. The number of para-hydroxylation sites is 1. The standard InChI is InChI=1S/C19H21N3O/c1-13-20-17(16-11-7-8-12-22(13)16)18(23)21-15-10-6-5-9-14(15)19(2,3)4/h5-12H,1-4H3,(H,21,23). The van der Waals surface area contributed by atoms with Crippen LogP contribution in [0.25, 0.3) is 5.52 Å². The number of imidazole rings is 1. The van der Waals surface area contributed by atoms with Gasteiger partial charge in [-0.15, -0.1) is 0 Å². The number of carbonyl (C=O) groups is 1. The zero-order chi connectivity index (χ0) is 16.6. The lowest BCUT2D eigenvalue weighted by Gasteiger charge is -2.22. The van der Waals surface area contributed by atoms with Crippen LogP contribution in [0.2, 0.25) is 0 Å². The van der Waals surface area contributed by atoms with Gasteiger partial charge in [0.2, 0.25) is 0 Å². The summed E-state index contributed by atoms with van der Waals surface area (Å²) < 4.78 is 1.92. The molecular weight excluding hydrogens is 286 g/mol. The number of carbonyl (C=O) groups excluding carboxylic acids is 1. The van der Waals surface area contributed by atoms with Gasteiger partial charge < -0.3 is 9.72 Å². The highest BCUT2D eigenvalue weighted by Gasteiger charge is 2.21. The summed E-state index contributed by atoms with van der Waals surface area (Å²) in [5.74, 6) is 0.619. The van der Waals surface area contributed by atoms with E-state index in [2.05, 4.69) is 31.1 Å². The van der Waals surface area contributed by atoms with E-state index in [1.54, 1.807) is 0 Å². The number of aryl methyl sites for hydroxylation is 1. The van der Waals surface area contributed by atoms with Crippen molar-refractivity contribution >= 4 is 17.1 Å². The fourth-order valence-corrected chi connectivity index (χ4v) is 2.79. The molecule has 0 fully saturated rings. The first kappa shape index (κ1) is 15.3. The van der Waals surface area contributed by atoms with Crippen molar-refractivity contribution in [3.8, 4) is 0 Å². The summed E-state index contributed by atoms with van der Waals surface area (Å²) in [6.07, 6.45) is 1.91. The van der Waals surface area contributed by atoms with E-state index in [0.29, 0.717) is 5.69 Å². The molecule has 1 aromatic carbocycles. The third-order valence-electron chi connectivity index (χ3n) is 3.92. The first-order valence-electron chi connectivity index (χ1n) is 7.72. The van der Waals surface area contributed by atoms with E-state index in [1.165, 1.54) is 0 Å². The van der Waals surface area contributed by atoms with Crippen LogP contribution in [0.15, 0.2) is 48.7 Å². The molecule has 0 saturated heterocycles. The number of nitrogens with one attached hydrogen (secondary N) is 1. The van der Waals surface area contributed by atoms with Crippen molar-refractivity contribution in [3.05, 3.63) is 65.7 Å². The minimum absolute atomic E-state index is 0.0456. The van der Waals surface area contributed by atoms with Crippen molar-refractivity contribution in [3.63, 3.8) is 0 Å². The number of fused-ring (bicyclic) bond motifs is 1. The number of aromatic nitrogens is 2. The summed E-state index contributed by atoms with van der Waals surface area (Å²) in [6, 6.07) is 13.7. The minimum Gasteiger partial charge on any atom is -0.320 e. The molecule has 0 saturated carbocycles. The third kappa shape index (κ3) is 2.84. The van der Waals surface area contributed by atoms with E-state index >= 15 is 0 Å². The fourth-order valence-electron chi connectivity index (χ4n) is 2.79. The Labute approximate surface area is 136 Å². The maximum Gasteiger partial charge on any atom is 0.276 e. The molecule has 0 unspecified atom stereocenters. The molecule has 0 bridgehead atoms. The number of benzene rings is 1. The van der Waals surface area contributed by atoms with Crippen LogP contribution in [-0.2, 0) is 5.41 Å². The second-order valence-corrected chi connectivity index (χ2v) is 6.71. The molecule has 23 heavy (non-hydrogen) atoms. The van der Waals surface area contributed by atoms with Gasteiger partial charge in [0.25, 0.3) is 5.91 Å². The smallest absolute Gasteiger partial charge is 0.276 e. The lowest BCUT2D eigenvalue weighted by molar-refractivity contribution is 0.102. The normalized spacial score (nSPS) is 11.7. The highest BCUT2D eigenvalue weighted by molar-refractivity contribution is 6.08. The van der Waals surface area contributed by atoms with Gasteiger partial charge in [-0.2, -0.15) is 0 Å². The van der Waals surface area contributed by atoms with Crippen LogP contribution in [0.1, 0.15) is 42.6 Å². The number of amides is 1. The Kier molecular flexibility index (Phi) is 3.68. The zero-order valence-corrected chi connectivity index (χ0v) is 13.9. The van der Waals surface area contributed by atoms with Crippen molar-refractivity contribution in [1.82, 2.24) is 9.38 Å². The van der Waals surface area contributed by atoms with Gasteiger partial charge in [0.1, 0.15) is 5.82 Å². The van der Waals surface area contributed by atoms with Crippen LogP contribution in [0, 0.1) is 6.92 Å². The molecule has 4 nitrogen and oxygen atoms in total. The maximum atomic E-state index is 12.7. The van der Waals surface area contributed by atoms with Gasteiger partial charge in [-0.1, -0.05) is 45.0 Å². The molecule has 1 N–H and O–H groups in total. The molecule has 0 aliphatic rings. The molecule has 118 valence electrons. The van der Waals surface area contributed by atoms with E-state index in [4.69, 9.17) is 0 Å². The zero-order valence-electron chi connectivity index (χ0n) is 13.9. The van der Waals surface area contributed by atoms with E-state index < -0.39 is 0 Å². The van der Waals surface area contributed by atoms with Crippen LogP contribution in [0.5, 0.6) is 0 Å². The second-order valence-electron chi connectivity index (χ2n) is 6.71. The summed E-state index contributed by atoms with van der Waals surface area (Å²) >= 11 is 0. The summed E-state index contributed by atoms with van der Waals surface area (Å²) in [7, 11) is 0. The van der Waals surface area contributed by atoms with Gasteiger partial charge in [0.15, 0.2) is 5.69 Å². The Morgan fingerprint density at radius 1 is 1.09 bits per heavy atom. The van der Waals surface area contributed by atoms with Gasteiger partial charge in [-0.25, -0.2) is 4.98 Å². The molecular formula is C19H21N3O. The van der Waals surface area contributed by atoms with Crippen molar-refractivity contribution in [2.24, 2.45) is 0 Å². The first-order valence-corrected chi connectivity index (χ1v) is 7.72. The number of rotatable bonds is 2. The largest absolute Gasteiger partial charge is 0.320 e. The van der Waals surface area contributed by atoms with Gasteiger partial charge in [0.05, 0.1) is 5.52 Å². The highest BCUT2D eigenvalue weighted by atomic mass is 16.1. The van der Waals surface area contributed by atoms with Crippen LogP contribution in [0.4, 0.5) is 5.69 Å². The van der Waals surface area contributed by atoms with Crippen LogP contribution >= 0.6 is 0 Å². The molecule has 2 aromatic heterocycles. The molecule has 1 amide bonds. The predicted octanol–water partition coefficient (Wildman–Crippen LogP) is 4.19. The number of pyridine rings is 1. The Hall–Kier alpha value is -2.62. The number of hydrogen-bond donors (Lipinski definition) is 1. The monoisotopic (exact) mass is 307 g/mol. The topological polar surface area (TPSA) is 46.4 Å². The Morgan fingerprint density at radius 3 is 2.52 bits per heavy atom. The maximum absolute atomic E-state index is 12.7. The first-order chi connectivity index (χ1) is 10.9. The summed E-state index contributed by atoms with van der Waals surface area (Å²) in [4.78, 5) is 17.2. The molecule has 2 heterocycles. The average Bonchev–Trinajstić information content (AvgIpc) is 2.85. The van der Waals surface area contributed by atoms with E-state index in [9.17, 15) is 4.79 Å². The Balaban J connectivity index is 2.00. The van der Waals surface area contributed by atoms with E-state index in [0.717, 1.165) is 22.6 Å². The van der Waals surface area contributed by atoms with Crippen molar-refractivity contribution in [1.29, 1.82) is 0 Å². The fraction of sp³-hybridized carbons (Fsp3) is 0.263. The molecule has 0 aliphatic carbocycles. The molecule has 0 atom stereocenters. The molecule has 3 rings (SSSR count). The minimum atomic E-state index is -0.182. The second kappa shape index (κ2) is 5.54. The van der Waals surface area contributed by atoms with Gasteiger partial charge in [0, 0.05) is 11.9 Å². The van der Waals surface area contributed by atoms with Crippen molar-refractivity contribution in [2.75, 3.05) is 5.32 Å². The van der Waals surface area contributed by atoms with E-state index in [-0.39, 0.29) is 11.3 Å². The lowest BCUT2D eigenvalue weighted by Crippen LogP contribution is -2.19. The molecule has 0 spiro atoms. The van der Waals surface area contributed by atoms with Crippen molar-refractivity contribution in [2.45, 2.75) is 33.1 Å². The van der Waals surface area contributed by atoms with E-state index in [1.807, 2.05) is 60.0 Å². The highest BCUT2D eigenvalue weighted by Crippen LogP contribution is 2.29. The molecule has 0 aliphatic heterocycles. The summed E-state index contributed by atoms with van der Waals surface area (Å²) in [6.45, 7) is 8.29. The molecule has 0 radical (unpaired) electrons. The average molecular weight is 307 g/mol. The Bertz CT molecular complexity index is 872. The predicted molar refractivity (Wildman–Crippen MR) is 93.0 cm³/mol.